The maximum Gasteiger partial charge on any atom is 0.232 e. The normalized spacial score (nSPS) is 17.3. The second kappa shape index (κ2) is 6.41. The summed E-state index contributed by atoms with van der Waals surface area (Å²) in [4.78, 5) is 18.9. The number of hydrogen-bond donors (Lipinski definition) is 0. The molecule has 4 heterocycles. The number of furan rings is 1. The highest BCUT2D eigenvalue weighted by atomic mass is 16.5. The molecule has 2 aliphatic rings. The lowest BCUT2D eigenvalue weighted by molar-refractivity contribution is 0.0872. The lowest BCUT2D eigenvalue weighted by Crippen LogP contribution is -2.31. The summed E-state index contributed by atoms with van der Waals surface area (Å²) in [5.74, 6) is 2.03. The SMILES string of the molecule is O=C1/C(=C/c2ccco2)Oc2c1ccc1c2CN(Cc2ccncc2)CO1. The molecule has 0 saturated carbocycles. The molecule has 134 valence electrons. The first-order valence-corrected chi connectivity index (χ1v) is 8.65. The highest BCUT2D eigenvalue weighted by molar-refractivity contribution is 6.14. The second-order valence-electron chi connectivity index (χ2n) is 6.49. The highest BCUT2D eigenvalue weighted by Crippen LogP contribution is 2.42. The van der Waals surface area contributed by atoms with E-state index in [1.54, 1.807) is 42.9 Å². The predicted octanol–water partition coefficient (Wildman–Crippen LogP) is 3.64. The van der Waals surface area contributed by atoms with Gasteiger partial charge in [-0.1, -0.05) is 0 Å². The Hall–Kier alpha value is -3.38. The van der Waals surface area contributed by atoms with Crippen molar-refractivity contribution < 1.29 is 18.7 Å². The van der Waals surface area contributed by atoms with Crippen LogP contribution in [0.5, 0.6) is 11.5 Å². The molecule has 6 nitrogen and oxygen atoms in total. The Morgan fingerprint density at radius 3 is 2.85 bits per heavy atom. The summed E-state index contributed by atoms with van der Waals surface area (Å²) in [6.07, 6.45) is 6.73. The highest BCUT2D eigenvalue weighted by Gasteiger charge is 2.33. The molecule has 0 aliphatic carbocycles. The summed E-state index contributed by atoms with van der Waals surface area (Å²) in [5, 5.41) is 0. The van der Waals surface area contributed by atoms with Crippen molar-refractivity contribution in [3.8, 4) is 11.5 Å². The lowest BCUT2D eigenvalue weighted by atomic mass is 10.0. The molecule has 27 heavy (non-hydrogen) atoms. The Morgan fingerprint density at radius 1 is 1.15 bits per heavy atom. The standard InChI is InChI=1S/C21H16N2O4/c24-20-16-3-4-18-17(21(16)27-19(20)10-15-2-1-9-25-15)12-23(13-26-18)11-14-5-7-22-8-6-14/h1-10H,11-13H2/b19-10-. The van der Waals surface area contributed by atoms with E-state index in [-0.39, 0.29) is 11.5 Å². The van der Waals surface area contributed by atoms with Crippen LogP contribution in [0.1, 0.15) is 27.2 Å². The first-order chi connectivity index (χ1) is 13.3. The molecule has 2 aromatic heterocycles. The fourth-order valence-corrected chi connectivity index (χ4v) is 3.35. The number of hydrogen-bond acceptors (Lipinski definition) is 6. The largest absolute Gasteiger partial charge is 0.478 e. The molecule has 0 bridgehead atoms. The van der Waals surface area contributed by atoms with Gasteiger partial charge in [0, 0.05) is 31.6 Å². The van der Waals surface area contributed by atoms with Crippen LogP contribution in [0.4, 0.5) is 0 Å². The van der Waals surface area contributed by atoms with Crippen LogP contribution < -0.4 is 9.47 Å². The molecule has 1 aromatic carbocycles. The predicted molar refractivity (Wildman–Crippen MR) is 97.1 cm³/mol. The van der Waals surface area contributed by atoms with Gasteiger partial charge >= 0.3 is 0 Å². The van der Waals surface area contributed by atoms with Gasteiger partial charge in [0.15, 0.2) is 5.76 Å². The summed E-state index contributed by atoms with van der Waals surface area (Å²) in [6, 6.07) is 11.1. The van der Waals surface area contributed by atoms with Crippen LogP contribution >= 0.6 is 0 Å². The van der Waals surface area contributed by atoms with E-state index in [2.05, 4.69) is 9.88 Å². The van der Waals surface area contributed by atoms with Crippen LogP contribution in [0.2, 0.25) is 0 Å². The van der Waals surface area contributed by atoms with Gasteiger partial charge in [0.2, 0.25) is 5.78 Å². The Balaban J connectivity index is 1.44. The Morgan fingerprint density at radius 2 is 2.04 bits per heavy atom. The molecule has 0 spiro atoms. The minimum atomic E-state index is -0.143. The van der Waals surface area contributed by atoms with Crippen LogP contribution in [0.25, 0.3) is 6.08 Å². The van der Waals surface area contributed by atoms with Gasteiger partial charge in [-0.15, -0.1) is 0 Å². The van der Waals surface area contributed by atoms with E-state index in [0.717, 1.165) is 23.4 Å². The number of carbonyl (C=O) groups excluding carboxylic acids is 1. The number of ether oxygens (including phenoxy) is 2. The van der Waals surface area contributed by atoms with Gasteiger partial charge in [-0.2, -0.15) is 0 Å². The van der Waals surface area contributed by atoms with Crippen molar-refractivity contribution in [3.63, 3.8) is 0 Å². The van der Waals surface area contributed by atoms with Crippen molar-refractivity contribution >= 4 is 11.9 Å². The Kier molecular flexibility index (Phi) is 3.76. The van der Waals surface area contributed by atoms with E-state index >= 15 is 0 Å². The second-order valence-corrected chi connectivity index (χ2v) is 6.49. The van der Waals surface area contributed by atoms with Gasteiger partial charge in [-0.05, 0) is 42.0 Å². The zero-order chi connectivity index (χ0) is 18.2. The van der Waals surface area contributed by atoms with Gasteiger partial charge in [0.05, 0.1) is 17.4 Å². The van der Waals surface area contributed by atoms with Crippen molar-refractivity contribution in [1.29, 1.82) is 0 Å². The molecule has 5 rings (SSSR count). The number of ketones is 1. The van der Waals surface area contributed by atoms with E-state index < -0.39 is 0 Å². The van der Waals surface area contributed by atoms with Gasteiger partial charge in [0.1, 0.15) is 24.0 Å². The van der Waals surface area contributed by atoms with Gasteiger partial charge in [0.25, 0.3) is 0 Å². The number of rotatable bonds is 3. The summed E-state index contributed by atoms with van der Waals surface area (Å²) < 4.78 is 17.1. The molecule has 0 atom stereocenters. The summed E-state index contributed by atoms with van der Waals surface area (Å²) >= 11 is 0. The number of Topliss-reactive ketones (excluding diaryl/α,β-unsaturated/α-hetero) is 1. The number of pyridine rings is 1. The summed E-state index contributed by atoms with van der Waals surface area (Å²) in [6.45, 7) is 1.86. The third-order valence-electron chi connectivity index (χ3n) is 4.65. The minimum Gasteiger partial charge on any atom is -0.478 e. The first kappa shape index (κ1) is 15.8. The maximum absolute atomic E-state index is 12.7. The fourth-order valence-electron chi connectivity index (χ4n) is 3.35. The van der Waals surface area contributed by atoms with Crippen molar-refractivity contribution in [3.05, 3.63) is 83.3 Å². The number of fused-ring (bicyclic) bond motifs is 3. The third kappa shape index (κ3) is 2.90. The van der Waals surface area contributed by atoms with Crippen LogP contribution in [-0.4, -0.2) is 22.4 Å². The average Bonchev–Trinajstić information content (AvgIpc) is 3.32. The van der Waals surface area contributed by atoms with Crippen molar-refractivity contribution in [1.82, 2.24) is 9.88 Å². The molecule has 0 fully saturated rings. The summed E-state index contributed by atoms with van der Waals surface area (Å²) in [5.41, 5.74) is 2.60. The monoisotopic (exact) mass is 360 g/mol. The van der Waals surface area contributed by atoms with Crippen molar-refractivity contribution in [2.24, 2.45) is 0 Å². The smallest absolute Gasteiger partial charge is 0.232 e. The van der Waals surface area contributed by atoms with Crippen molar-refractivity contribution in [2.75, 3.05) is 6.73 Å². The quantitative estimate of drug-likeness (QED) is 0.665. The molecule has 0 unspecified atom stereocenters. The Bertz CT molecular complexity index is 1030. The molecule has 0 radical (unpaired) electrons. The van der Waals surface area contributed by atoms with Crippen molar-refractivity contribution in [2.45, 2.75) is 13.1 Å². The van der Waals surface area contributed by atoms with E-state index in [1.807, 2.05) is 18.2 Å². The average molecular weight is 360 g/mol. The molecule has 0 saturated heterocycles. The molecule has 2 aliphatic heterocycles. The minimum absolute atomic E-state index is 0.143. The number of allylic oxidation sites excluding steroid dienone is 1. The van der Waals surface area contributed by atoms with Crippen LogP contribution in [0.3, 0.4) is 0 Å². The Labute approximate surface area is 155 Å². The maximum atomic E-state index is 12.7. The zero-order valence-corrected chi connectivity index (χ0v) is 14.4. The molecule has 3 aromatic rings. The summed E-state index contributed by atoms with van der Waals surface area (Å²) in [7, 11) is 0. The van der Waals surface area contributed by atoms with Crippen LogP contribution in [0, 0.1) is 0 Å². The molecular formula is C21H16N2O4. The first-order valence-electron chi connectivity index (χ1n) is 8.65. The van der Waals surface area contributed by atoms with Gasteiger partial charge in [-0.25, -0.2) is 0 Å². The fraction of sp³-hybridized carbons (Fsp3) is 0.143. The van der Waals surface area contributed by atoms with Gasteiger partial charge < -0.3 is 13.9 Å². The number of nitrogens with zero attached hydrogens (tertiary/aromatic N) is 2. The number of carbonyl (C=O) groups is 1. The number of benzene rings is 1. The molecular weight excluding hydrogens is 344 g/mol. The molecule has 0 N–H and O–H groups in total. The van der Waals surface area contributed by atoms with E-state index in [4.69, 9.17) is 13.9 Å². The van der Waals surface area contributed by atoms with Crippen LogP contribution in [0.15, 0.2) is 65.2 Å². The van der Waals surface area contributed by atoms with Crippen LogP contribution in [-0.2, 0) is 13.1 Å². The van der Waals surface area contributed by atoms with E-state index in [9.17, 15) is 4.79 Å². The topological polar surface area (TPSA) is 64.8 Å². The van der Waals surface area contributed by atoms with E-state index in [1.165, 1.54) is 0 Å². The number of aromatic nitrogens is 1. The third-order valence-corrected chi connectivity index (χ3v) is 4.65. The molecule has 0 amide bonds. The lowest BCUT2D eigenvalue weighted by Gasteiger charge is -2.29. The zero-order valence-electron chi connectivity index (χ0n) is 14.4. The molecule has 6 heteroatoms. The van der Waals surface area contributed by atoms with Gasteiger partial charge in [-0.3, -0.25) is 14.7 Å². The van der Waals surface area contributed by atoms with E-state index in [0.29, 0.717) is 30.3 Å².